The van der Waals surface area contributed by atoms with Gasteiger partial charge in [0.2, 0.25) is 0 Å². The summed E-state index contributed by atoms with van der Waals surface area (Å²) >= 11 is 0. The van der Waals surface area contributed by atoms with Crippen LogP contribution in [0.3, 0.4) is 0 Å². The van der Waals surface area contributed by atoms with Crippen LogP contribution in [-0.2, 0) is 4.79 Å². The molecule has 0 spiro atoms. The quantitative estimate of drug-likeness (QED) is 0.305. The van der Waals surface area contributed by atoms with Crippen LogP contribution >= 0.6 is 0 Å². The van der Waals surface area contributed by atoms with E-state index in [2.05, 4.69) is 20.8 Å². The molecule has 5 atom stereocenters. The number of aliphatic carboxylic acids is 1. The van der Waals surface area contributed by atoms with E-state index in [-0.39, 0.29) is 23.7 Å². The van der Waals surface area contributed by atoms with Crippen molar-refractivity contribution in [1.29, 1.82) is 0 Å². The first-order valence-electron chi connectivity index (χ1n) is 10.3. The van der Waals surface area contributed by atoms with E-state index in [1.165, 1.54) is 0 Å². The van der Waals surface area contributed by atoms with Gasteiger partial charge in [-0.3, -0.25) is 4.79 Å². The standard InChI is InChI=1S/C22H38O5/c1-4-22(2,3)14-13-16(23)11-12-18-17(19(24)15-20(18)25)9-7-5-6-8-10-21(26)27/h5,7,11-12,16-20,23-25H,4,6,8-10,13-15H2,1-3H3,(H,26,27)/b7-5-,12-11+/t16-,17-,18-,19+,20-/m1/s1. The Balaban J connectivity index is 2.52. The molecule has 0 saturated heterocycles. The number of hydrogen-bond acceptors (Lipinski definition) is 4. The minimum absolute atomic E-state index is 0.0775. The summed E-state index contributed by atoms with van der Waals surface area (Å²) in [7, 11) is 0. The molecule has 0 aromatic rings. The lowest BCUT2D eigenvalue weighted by Crippen LogP contribution is -2.20. The van der Waals surface area contributed by atoms with Gasteiger partial charge in [-0.25, -0.2) is 0 Å². The molecule has 1 fully saturated rings. The zero-order valence-electron chi connectivity index (χ0n) is 17.1. The van der Waals surface area contributed by atoms with Gasteiger partial charge in [0.05, 0.1) is 18.3 Å². The van der Waals surface area contributed by atoms with Gasteiger partial charge in [0.25, 0.3) is 0 Å². The molecule has 27 heavy (non-hydrogen) atoms. The minimum atomic E-state index is -0.788. The monoisotopic (exact) mass is 382 g/mol. The number of aliphatic hydroxyl groups excluding tert-OH is 3. The Hall–Kier alpha value is -1.17. The summed E-state index contributed by atoms with van der Waals surface area (Å²) < 4.78 is 0. The largest absolute Gasteiger partial charge is 0.481 e. The van der Waals surface area contributed by atoms with Gasteiger partial charge in [0.1, 0.15) is 0 Å². The normalized spacial score (nSPS) is 27.6. The van der Waals surface area contributed by atoms with Gasteiger partial charge in [-0.1, -0.05) is 51.5 Å². The van der Waals surface area contributed by atoms with E-state index in [1.807, 2.05) is 18.2 Å². The van der Waals surface area contributed by atoms with Crippen molar-refractivity contribution in [3.63, 3.8) is 0 Å². The Kier molecular flexibility index (Phi) is 10.3. The SMILES string of the molecule is CCC(C)(C)CC[C@H](O)/C=C/[C@@H]1[C@@H](C/C=C\CCCC(=O)O)[C@@H](O)C[C@H]1O. The molecule has 4 N–H and O–H groups in total. The lowest BCUT2D eigenvalue weighted by molar-refractivity contribution is -0.137. The second-order valence-corrected chi connectivity index (χ2v) is 8.61. The van der Waals surface area contributed by atoms with Crippen LogP contribution in [0.2, 0.25) is 0 Å². The molecule has 1 aliphatic carbocycles. The first-order chi connectivity index (χ1) is 12.7. The first-order valence-corrected chi connectivity index (χ1v) is 10.3. The van der Waals surface area contributed by atoms with Crippen molar-refractivity contribution < 1.29 is 25.2 Å². The van der Waals surface area contributed by atoms with Crippen molar-refractivity contribution in [2.45, 2.75) is 90.4 Å². The topological polar surface area (TPSA) is 98.0 Å². The molecule has 1 rings (SSSR count). The van der Waals surface area contributed by atoms with Gasteiger partial charge in [0, 0.05) is 18.8 Å². The Morgan fingerprint density at radius 2 is 1.93 bits per heavy atom. The van der Waals surface area contributed by atoms with Crippen LogP contribution in [0.1, 0.15) is 72.1 Å². The lowest BCUT2D eigenvalue weighted by atomic mass is 9.84. The molecule has 0 amide bonds. The van der Waals surface area contributed by atoms with E-state index >= 15 is 0 Å². The minimum Gasteiger partial charge on any atom is -0.481 e. The fourth-order valence-corrected chi connectivity index (χ4v) is 3.52. The Morgan fingerprint density at radius 1 is 1.22 bits per heavy atom. The maximum Gasteiger partial charge on any atom is 0.303 e. The summed E-state index contributed by atoms with van der Waals surface area (Å²) in [5.41, 5.74) is 0.214. The maximum absolute atomic E-state index is 10.5. The first kappa shape index (κ1) is 23.9. The van der Waals surface area contributed by atoms with Gasteiger partial charge < -0.3 is 20.4 Å². The van der Waals surface area contributed by atoms with E-state index in [9.17, 15) is 20.1 Å². The summed E-state index contributed by atoms with van der Waals surface area (Å²) in [6.45, 7) is 6.54. The summed E-state index contributed by atoms with van der Waals surface area (Å²) in [5, 5.41) is 39.4. The molecule has 5 heteroatoms. The zero-order chi connectivity index (χ0) is 20.4. The van der Waals surface area contributed by atoms with Crippen molar-refractivity contribution in [2.75, 3.05) is 0 Å². The number of carboxylic acids is 1. The van der Waals surface area contributed by atoms with Gasteiger partial charge in [-0.2, -0.15) is 0 Å². The Labute approximate surface area is 163 Å². The smallest absolute Gasteiger partial charge is 0.303 e. The van der Waals surface area contributed by atoms with Crippen LogP contribution < -0.4 is 0 Å². The average Bonchev–Trinajstić information content (AvgIpc) is 2.87. The molecule has 1 aliphatic rings. The number of aliphatic hydroxyl groups is 3. The predicted molar refractivity (Wildman–Crippen MR) is 107 cm³/mol. The van der Waals surface area contributed by atoms with Gasteiger partial charge in [-0.15, -0.1) is 0 Å². The van der Waals surface area contributed by atoms with Crippen LogP contribution in [0.4, 0.5) is 0 Å². The van der Waals surface area contributed by atoms with Crippen LogP contribution in [0.5, 0.6) is 0 Å². The van der Waals surface area contributed by atoms with Crippen LogP contribution in [0.15, 0.2) is 24.3 Å². The van der Waals surface area contributed by atoms with Crippen molar-refractivity contribution in [3.8, 4) is 0 Å². The molecule has 0 bridgehead atoms. The Morgan fingerprint density at radius 3 is 2.56 bits per heavy atom. The van der Waals surface area contributed by atoms with Crippen LogP contribution in [0.25, 0.3) is 0 Å². The number of hydrogen-bond donors (Lipinski definition) is 4. The van der Waals surface area contributed by atoms with E-state index in [0.29, 0.717) is 32.1 Å². The number of rotatable bonds is 12. The van der Waals surface area contributed by atoms with Gasteiger partial charge in [0.15, 0.2) is 0 Å². The summed E-state index contributed by atoms with van der Waals surface area (Å²) in [4.78, 5) is 10.5. The third kappa shape index (κ3) is 9.04. The van der Waals surface area contributed by atoms with E-state index in [0.717, 1.165) is 12.8 Å². The fraction of sp³-hybridized carbons (Fsp3) is 0.773. The van der Waals surface area contributed by atoms with Gasteiger partial charge in [-0.05, 0) is 43.4 Å². The maximum atomic E-state index is 10.5. The van der Waals surface area contributed by atoms with Crippen molar-refractivity contribution >= 4 is 5.97 Å². The van der Waals surface area contributed by atoms with Crippen molar-refractivity contribution in [3.05, 3.63) is 24.3 Å². The number of carboxylic acid groups (broad SMARTS) is 1. The highest BCUT2D eigenvalue weighted by atomic mass is 16.4. The highest BCUT2D eigenvalue weighted by Crippen LogP contribution is 2.36. The Bertz CT molecular complexity index is 497. The number of unbranched alkanes of at least 4 members (excludes halogenated alkanes) is 1. The second-order valence-electron chi connectivity index (χ2n) is 8.61. The summed E-state index contributed by atoms with van der Waals surface area (Å²) in [5.74, 6) is -1.03. The third-order valence-electron chi connectivity index (χ3n) is 5.88. The van der Waals surface area contributed by atoms with Crippen LogP contribution in [-0.4, -0.2) is 44.7 Å². The highest BCUT2D eigenvalue weighted by molar-refractivity contribution is 5.66. The van der Waals surface area contributed by atoms with E-state index < -0.39 is 24.3 Å². The average molecular weight is 383 g/mol. The second kappa shape index (κ2) is 11.6. The van der Waals surface area contributed by atoms with E-state index in [4.69, 9.17) is 5.11 Å². The van der Waals surface area contributed by atoms with Gasteiger partial charge >= 0.3 is 5.97 Å². The fourth-order valence-electron chi connectivity index (χ4n) is 3.52. The molecule has 0 unspecified atom stereocenters. The van der Waals surface area contributed by atoms with Crippen LogP contribution in [0, 0.1) is 17.3 Å². The molecule has 0 heterocycles. The molecule has 156 valence electrons. The summed E-state index contributed by atoms with van der Waals surface area (Å²) in [6, 6.07) is 0. The molecule has 5 nitrogen and oxygen atoms in total. The molecular formula is C22H38O5. The molecule has 0 radical (unpaired) electrons. The lowest BCUT2D eigenvalue weighted by Gasteiger charge is -2.23. The number of carbonyl (C=O) groups is 1. The van der Waals surface area contributed by atoms with Crippen molar-refractivity contribution in [2.24, 2.45) is 17.3 Å². The molecular weight excluding hydrogens is 344 g/mol. The zero-order valence-corrected chi connectivity index (χ0v) is 17.1. The molecule has 1 saturated carbocycles. The molecule has 0 aliphatic heterocycles. The van der Waals surface area contributed by atoms with Crippen molar-refractivity contribution in [1.82, 2.24) is 0 Å². The predicted octanol–water partition coefficient (Wildman–Crippen LogP) is 3.68. The summed E-state index contributed by atoms with van der Waals surface area (Å²) in [6.07, 6.45) is 11.0. The molecule has 0 aromatic carbocycles. The number of allylic oxidation sites excluding steroid dienone is 2. The van der Waals surface area contributed by atoms with E-state index in [1.54, 1.807) is 6.08 Å². The highest BCUT2D eigenvalue weighted by Gasteiger charge is 2.39. The third-order valence-corrected chi connectivity index (χ3v) is 5.88. The molecule has 0 aromatic heterocycles.